The van der Waals surface area contributed by atoms with Crippen molar-refractivity contribution < 1.29 is 14.3 Å². The number of hydrogen-bond acceptors (Lipinski definition) is 8. The van der Waals surface area contributed by atoms with Gasteiger partial charge in [-0.1, -0.05) is 35.2 Å². The lowest BCUT2D eigenvalue weighted by molar-refractivity contribution is -0.140. The molecule has 8 nitrogen and oxygen atoms in total. The summed E-state index contributed by atoms with van der Waals surface area (Å²) in [7, 11) is 1.39. The Labute approximate surface area is 205 Å². The van der Waals surface area contributed by atoms with E-state index < -0.39 is 0 Å². The number of hydrogen-bond donors (Lipinski definition) is 1. The molecule has 4 rings (SSSR count). The molecule has 0 aliphatic heterocycles. The standard InChI is InChI=1S/C24H23N5O3S2/c1-15-19(12-13-22(30)32-3)16(2)29(28-15)18-10-8-17(9-11-18)23(31)26-20-6-4-5-7-21(20)34-24-27-25-14-33-24/h4-11,14H,12-13H2,1-3H3,(H,26,31). The number of methoxy groups -OCH3 is 1. The number of aromatic nitrogens is 4. The van der Waals surface area contributed by atoms with E-state index in [2.05, 4.69) is 20.6 Å². The van der Waals surface area contributed by atoms with Crippen molar-refractivity contribution in [1.82, 2.24) is 20.0 Å². The second-order valence-corrected chi connectivity index (χ2v) is 9.56. The van der Waals surface area contributed by atoms with Gasteiger partial charge in [0.1, 0.15) is 5.51 Å². The Kier molecular flexibility index (Phi) is 7.39. The minimum atomic E-state index is -0.245. The van der Waals surface area contributed by atoms with Gasteiger partial charge in [0.15, 0.2) is 4.34 Å². The molecule has 0 saturated carbocycles. The number of aryl methyl sites for hydroxylation is 1. The van der Waals surface area contributed by atoms with E-state index in [-0.39, 0.29) is 11.9 Å². The van der Waals surface area contributed by atoms with Crippen molar-refractivity contribution in [2.45, 2.75) is 35.9 Å². The van der Waals surface area contributed by atoms with Gasteiger partial charge in [0.05, 0.1) is 24.2 Å². The molecule has 0 bridgehead atoms. The Balaban J connectivity index is 1.49. The van der Waals surface area contributed by atoms with Gasteiger partial charge in [0.2, 0.25) is 0 Å². The van der Waals surface area contributed by atoms with E-state index in [0.717, 1.165) is 31.9 Å². The number of nitrogens with one attached hydrogen (secondary N) is 1. The average molecular weight is 494 g/mol. The van der Waals surface area contributed by atoms with Gasteiger partial charge in [-0.25, -0.2) is 4.68 Å². The Morgan fingerprint density at radius 1 is 1.12 bits per heavy atom. The van der Waals surface area contributed by atoms with E-state index in [1.165, 1.54) is 30.2 Å². The largest absolute Gasteiger partial charge is 0.469 e. The van der Waals surface area contributed by atoms with Gasteiger partial charge < -0.3 is 10.1 Å². The topological polar surface area (TPSA) is 99.0 Å². The Bertz CT molecular complexity index is 1300. The summed E-state index contributed by atoms with van der Waals surface area (Å²) in [5.41, 5.74) is 6.62. The minimum Gasteiger partial charge on any atom is -0.469 e. The predicted octanol–water partition coefficient (Wildman–Crippen LogP) is 4.85. The molecule has 174 valence electrons. The summed E-state index contributed by atoms with van der Waals surface area (Å²) in [6.07, 6.45) is 0.876. The molecule has 0 saturated heterocycles. The summed E-state index contributed by atoms with van der Waals surface area (Å²) in [6, 6.07) is 14.9. The summed E-state index contributed by atoms with van der Waals surface area (Å²) >= 11 is 2.91. The molecule has 4 aromatic rings. The number of carbonyl (C=O) groups excluding carboxylic acids is 2. The molecule has 0 aliphatic carbocycles. The van der Waals surface area contributed by atoms with Crippen LogP contribution in [0.15, 0.2) is 63.3 Å². The summed E-state index contributed by atoms with van der Waals surface area (Å²) < 4.78 is 7.38. The molecule has 0 spiro atoms. The number of esters is 1. The first kappa shape index (κ1) is 23.7. The Morgan fingerprint density at radius 2 is 1.88 bits per heavy atom. The third kappa shape index (κ3) is 5.35. The maximum absolute atomic E-state index is 12.9. The van der Waals surface area contributed by atoms with Crippen molar-refractivity contribution in [3.63, 3.8) is 0 Å². The third-order valence-electron chi connectivity index (χ3n) is 5.29. The molecule has 0 unspecified atom stereocenters. The van der Waals surface area contributed by atoms with Crippen molar-refractivity contribution in [2.24, 2.45) is 0 Å². The van der Waals surface area contributed by atoms with Gasteiger partial charge >= 0.3 is 5.97 Å². The summed E-state index contributed by atoms with van der Waals surface area (Å²) in [6.45, 7) is 3.90. The fourth-order valence-electron chi connectivity index (χ4n) is 3.53. The number of nitrogens with zero attached hydrogens (tertiary/aromatic N) is 4. The maximum atomic E-state index is 12.9. The predicted molar refractivity (Wildman–Crippen MR) is 132 cm³/mol. The fraction of sp³-hybridized carbons (Fsp3) is 0.208. The summed E-state index contributed by atoms with van der Waals surface area (Å²) in [4.78, 5) is 25.3. The van der Waals surface area contributed by atoms with Crippen LogP contribution in [0, 0.1) is 13.8 Å². The van der Waals surface area contributed by atoms with Crippen LogP contribution in [0.3, 0.4) is 0 Å². The quantitative estimate of drug-likeness (QED) is 0.350. The molecule has 0 aliphatic rings. The van der Waals surface area contributed by atoms with Crippen LogP contribution in [0.4, 0.5) is 5.69 Å². The van der Waals surface area contributed by atoms with Crippen LogP contribution in [-0.2, 0) is 16.0 Å². The first-order valence-corrected chi connectivity index (χ1v) is 12.2. The normalized spacial score (nSPS) is 10.8. The molecular weight excluding hydrogens is 470 g/mol. The molecule has 10 heteroatoms. The number of rotatable bonds is 8. The van der Waals surface area contributed by atoms with Crippen molar-refractivity contribution in [1.29, 1.82) is 0 Å². The molecular formula is C24H23N5O3S2. The second-order valence-electron chi connectivity index (χ2n) is 7.44. The van der Waals surface area contributed by atoms with E-state index in [9.17, 15) is 9.59 Å². The zero-order valence-corrected chi connectivity index (χ0v) is 20.6. The number of carbonyl (C=O) groups is 2. The smallest absolute Gasteiger partial charge is 0.305 e. The van der Waals surface area contributed by atoms with Gasteiger partial charge in [-0.15, -0.1) is 10.2 Å². The zero-order valence-electron chi connectivity index (χ0n) is 18.9. The van der Waals surface area contributed by atoms with E-state index in [4.69, 9.17) is 4.74 Å². The molecule has 34 heavy (non-hydrogen) atoms. The van der Waals surface area contributed by atoms with Gasteiger partial charge in [0, 0.05) is 22.6 Å². The van der Waals surface area contributed by atoms with E-state index in [0.29, 0.717) is 24.1 Å². The lowest BCUT2D eigenvalue weighted by Gasteiger charge is -2.10. The minimum absolute atomic E-state index is 0.205. The molecule has 0 radical (unpaired) electrons. The molecule has 2 aromatic carbocycles. The first-order valence-electron chi connectivity index (χ1n) is 10.5. The van der Waals surface area contributed by atoms with Crippen LogP contribution in [0.1, 0.15) is 33.7 Å². The number of amides is 1. The van der Waals surface area contributed by atoms with Gasteiger partial charge in [-0.05, 0) is 62.2 Å². The summed E-state index contributed by atoms with van der Waals surface area (Å²) in [5, 5.41) is 15.5. The van der Waals surface area contributed by atoms with Crippen molar-refractivity contribution >= 4 is 40.7 Å². The van der Waals surface area contributed by atoms with Gasteiger partial charge in [-0.3, -0.25) is 9.59 Å². The second kappa shape index (κ2) is 10.6. The fourth-order valence-corrected chi connectivity index (χ4v) is 5.05. The zero-order chi connectivity index (χ0) is 24.1. The number of ether oxygens (including phenoxy) is 1. The number of benzene rings is 2. The molecule has 1 amide bonds. The highest BCUT2D eigenvalue weighted by Crippen LogP contribution is 2.34. The monoisotopic (exact) mass is 493 g/mol. The van der Waals surface area contributed by atoms with Crippen LogP contribution >= 0.6 is 23.1 Å². The lowest BCUT2D eigenvalue weighted by atomic mass is 10.1. The van der Waals surface area contributed by atoms with E-state index in [1.54, 1.807) is 17.6 Å². The van der Waals surface area contributed by atoms with Crippen LogP contribution in [0.25, 0.3) is 5.69 Å². The van der Waals surface area contributed by atoms with E-state index in [1.807, 2.05) is 54.9 Å². The Morgan fingerprint density at radius 3 is 2.59 bits per heavy atom. The van der Waals surface area contributed by atoms with Crippen LogP contribution in [0.5, 0.6) is 0 Å². The van der Waals surface area contributed by atoms with Crippen molar-refractivity contribution in [3.8, 4) is 5.69 Å². The van der Waals surface area contributed by atoms with Gasteiger partial charge in [0.25, 0.3) is 5.91 Å². The van der Waals surface area contributed by atoms with Crippen molar-refractivity contribution in [3.05, 3.63) is 76.6 Å². The third-order valence-corrected chi connectivity index (χ3v) is 7.15. The molecule has 1 N–H and O–H groups in total. The molecule has 2 heterocycles. The Hall–Kier alpha value is -3.50. The SMILES string of the molecule is COC(=O)CCc1c(C)nn(-c2ccc(C(=O)Nc3ccccc3Sc3nncs3)cc2)c1C. The van der Waals surface area contributed by atoms with Crippen LogP contribution in [-0.4, -0.2) is 39.0 Å². The number of anilines is 1. The maximum Gasteiger partial charge on any atom is 0.305 e. The number of para-hydroxylation sites is 1. The van der Waals surface area contributed by atoms with E-state index >= 15 is 0 Å². The highest BCUT2D eigenvalue weighted by atomic mass is 32.2. The van der Waals surface area contributed by atoms with Crippen LogP contribution < -0.4 is 5.32 Å². The molecule has 0 fully saturated rings. The highest BCUT2D eigenvalue weighted by Gasteiger charge is 2.16. The van der Waals surface area contributed by atoms with Crippen molar-refractivity contribution in [2.75, 3.05) is 12.4 Å². The average Bonchev–Trinajstić information content (AvgIpc) is 3.46. The molecule has 2 aromatic heterocycles. The first-order chi connectivity index (χ1) is 16.5. The van der Waals surface area contributed by atoms with Gasteiger partial charge in [-0.2, -0.15) is 5.10 Å². The highest BCUT2D eigenvalue weighted by molar-refractivity contribution is 8.01. The molecule has 0 atom stereocenters. The lowest BCUT2D eigenvalue weighted by Crippen LogP contribution is -2.12. The van der Waals surface area contributed by atoms with Crippen LogP contribution in [0.2, 0.25) is 0 Å². The summed E-state index contributed by atoms with van der Waals surface area (Å²) in [5.74, 6) is -0.450.